The Balaban J connectivity index is 2.59. The molecule has 0 heterocycles. The molecule has 0 amide bonds. The summed E-state index contributed by atoms with van der Waals surface area (Å²) in [6, 6.07) is 7.01. The Morgan fingerprint density at radius 3 is 2.62 bits per heavy atom. The van der Waals surface area contributed by atoms with Crippen molar-refractivity contribution in [1.29, 1.82) is 0 Å². The second kappa shape index (κ2) is 4.62. The van der Waals surface area contributed by atoms with E-state index in [0.717, 1.165) is 5.56 Å². The molecule has 3 nitrogen and oxygen atoms in total. The van der Waals surface area contributed by atoms with Crippen LogP contribution in [0.15, 0.2) is 29.4 Å². The first-order valence-corrected chi connectivity index (χ1v) is 4.03. The molecule has 0 aliphatic heterocycles. The Morgan fingerprint density at radius 1 is 1.46 bits per heavy atom. The van der Waals surface area contributed by atoms with E-state index in [2.05, 4.69) is 9.99 Å². The summed E-state index contributed by atoms with van der Waals surface area (Å²) in [5.74, 6) is -0.440. The Bertz CT molecular complexity index is 319. The van der Waals surface area contributed by atoms with Gasteiger partial charge in [-0.15, -0.1) is 0 Å². The highest BCUT2D eigenvalue weighted by Crippen LogP contribution is 2.07. The van der Waals surface area contributed by atoms with Crippen molar-refractivity contribution in [2.24, 2.45) is 5.16 Å². The number of hydrogen-bond acceptors (Lipinski definition) is 3. The number of carbonyl (C=O) groups excluding carboxylic acids is 1. The van der Waals surface area contributed by atoms with Crippen LogP contribution in [0.2, 0.25) is 5.02 Å². The van der Waals surface area contributed by atoms with Crippen LogP contribution >= 0.6 is 11.6 Å². The molecule has 68 valence electrons. The third kappa shape index (κ3) is 3.71. The standard InChI is InChI=1S/C9H8ClNO2/c1-7(12)13-11-6-8-2-4-9(10)5-3-8/h2-6H,1H3. The molecule has 1 aromatic rings. The lowest BCUT2D eigenvalue weighted by atomic mass is 10.2. The zero-order chi connectivity index (χ0) is 9.68. The minimum Gasteiger partial charge on any atom is -0.319 e. The largest absolute Gasteiger partial charge is 0.331 e. The highest BCUT2D eigenvalue weighted by molar-refractivity contribution is 6.30. The summed E-state index contributed by atoms with van der Waals surface area (Å²) in [6.07, 6.45) is 1.44. The van der Waals surface area contributed by atoms with E-state index >= 15 is 0 Å². The van der Waals surface area contributed by atoms with Crippen LogP contribution in [-0.4, -0.2) is 12.2 Å². The number of rotatable bonds is 2. The van der Waals surface area contributed by atoms with Crippen LogP contribution in [0.3, 0.4) is 0 Å². The van der Waals surface area contributed by atoms with Gasteiger partial charge in [0.25, 0.3) is 0 Å². The number of oxime groups is 1. The normalized spacial score (nSPS) is 10.3. The molecule has 1 rings (SSSR count). The molecular formula is C9H8ClNO2. The lowest BCUT2D eigenvalue weighted by Gasteiger charge is -1.92. The van der Waals surface area contributed by atoms with E-state index in [0.29, 0.717) is 5.02 Å². The Labute approximate surface area is 81.0 Å². The van der Waals surface area contributed by atoms with Crippen molar-refractivity contribution in [1.82, 2.24) is 0 Å². The second-order valence-electron chi connectivity index (χ2n) is 2.37. The van der Waals surface area contributed by atoms with Gasteiger partial charge in [0, 0.05) is 11.9 Å². The highest BCUT2D eigenvalue weighted by Gasteiger charge is 1.90. The van der Waals surface area contributed by atoms with Gasteiger partial charge in [0.1, 0.15) is 0 Å². The van der Waals surface area contributed by atoms with Crippen LogP contribution in [-0.2, 0) is 9.63 Å². The van der Waals surface area contributed by atoms with Crippen molar-refractivity contribution in [2.75, 3.05) is 0 Å². The first kappa shape index (κ1) is 9.74. The summed E-state index contributed by atoms with van der Waals surface area (Å²) < 4.78 is 0. The molecule has 0 radical (unpaired) electrons. The molecule has 0 unspecified atom stereocenters. The highest BCUT2D eigenvalue weighted by atomic mass is 35.5. The molecule has 0 saturated carbocycles. The van der Waals surface area contributed by atoms with Gasteiger partial charge in [0.15, 0.2) is 0 Å². The molecule has 0 bridgehead atoms. The quantitative estimate of drug-likeness (QED) is 0.414. The number of hydrogen-bond donors (Lipinski definition) is 0. The summed E-state index contributed by atoms with van der Waals surface area (Å²) in [7, 11) is 0. The van der Waals surface area contributed by atoms with Gasteiger partial charge in [0.2, 0.25) is 0 Å². The average Bonchev–Trinajstić information content (AvgIpc) is 2.08. The molecule has 4 heteroatoms. The molecule has 0 N–H and O–H groups in total. The van der Waals surface area contributed by atoms with Gasteiger partial charge in [-0.2, -0.15) is 0 Å². The van der Waals surface area contributed by atoms with Crippen LogP contribution in [0.4, 0.5) is 0 Å². The Kier molecular flexibility index (Phi) is 3.46. The zero-order valence-corrected chi connectivity index (χ0v) is 7.78. The van der Waals surface area contributed by atoms with E-state index in [1.165, 1.54) is 13.1 Å². The summed E-state index contributed by atoms with van der Waals surface area (Å²) in [5.41, 5.74) is 0.825. The predicted molar refractivity (Wildman–Crippen MR) is 50.8 cm³/mol. The summed E-state index contributed by atoms with van der Waals surface area (Å²) in [5, 5.41) is 4.11. The van der Waals surface area contributed by atoms with Crippen molar-refractivity contribution in [3.63, 3.8) is 0 Å². The molecule has 0 aromatic heterocycles. The third-order valence-electron chi connectivity index (χ3n) is 1.25. The maximum absolute atomic E-state index is 10.3. The minimum absolute atomic E-state index is 0.440. The van der Waals surface area contributed by atoms with Crippen molar-refractivity contribution < 1.29 is 9.63 Å². The Morgan fingerprint density at radius 2 is 2.08 bits per heavy atom. The lowest BCUT2D eigenvalue weighted by molar-refractivity contribution is -0.140. The molecule has 0 aliphatic carbocycles. The van der Waals surface area contributed by atoms with E-state index in [-0.39, 0.29) is 0 Å². The molecule has 1 aromatic carbocycles. The first-order valence-electron chi connectivity index (χ1n) is 3.65. The molecule has 13 heavy (non-hydrogen) atoms. The molecule has 0 fully saturated rings. The fraction of sp³-hybridized carbons (Fsp3) is 0.111. The predicted octanol–water partition coefficient (Wildman–Crippen LogP) is 2.24. The van der Waals surface area contributed by atoms with Crippen molar-refractivity contribution in [2.45, 2.75) is 6.92 Å². The van der Waals surface area contributed by atoms with Crippen molar-refractivity contribution >= 4 is 23.8 Å². The summed E-state index contributed by atoms with van der Waals surface area (Å²) >= 11 is 5.67. The number of halogens is 1. The van der Waals surface area contributed by atoms with Gasteiger partial charge in [-0.1, -0.05) is 28.9 Å². The van der Waals surface area contributed by atoms with Gasteiger partial charge in [0.05, 0.1) is 6.21 Å². The average molecular weight is 198 g/mol. The summed E-state index contributed by atoms with van der Waals surface area (Å²) in [6.45, 7) is 1.29. The van der Waals surface area contributed by atoms with Crippen molar-refractivity contribution in [3.05, 3.63) is 34.9 Å². The fourth-order valence-corrected chi connectivity index (χ4v) is 0.836. The second-order valence-corrected chi connectivity index (χ2v) is 2.81. The molecule has 0 spiro atoms. The van der Waals surface area contributed by atoms with Crippen LogP contribution in [0.5, 0.6) is 0 Å². The first-order chi connectivity index (χ1) is 6.18. The van der Waals surface area contributed by atoms with Crippen LogP contribution in [0, 0.1) is 0 Å². The van der Waals surface area contributed by atoms with Crippen LogP contribution in [0.1, 0.15) is 12.5 Å². The van der Waals surface area contributed by atoms with E-state index in [1.54, 1.807) is 24.3 Å². The fourth-order valence-electron chi connectivity index (χ4n) is 0.710. The van der Waals surface area contributed by atoms with Gasteiger partial charge in [-0.3, -0.25) is 0 Å². The van der Waals surface area contributed by atoms with Crippen LogP contribution < -0.4 is 0 Å². The SMILES string of the molecule is CC(=O)ON=Cc1ccc(Cl)cc1. The summed E-state index contributed by atoms with van der Waals surface area (Å²) in [4.78, 5) is 14.7. The molecule has 0 aliphatic rings. The molecule has 0 saturated heterocycles. The topological polar surface area (TPSA) is 38.7 Å². The maximum Gasteiger partial charge on any atom is 0.331 e. The maximum atomic E-state index is 10.3. The van der Waals surface area contributed by atoms with Crippen LogP contribution in [0.25, 0.3) is 0 Å². The number of nitrogens with zero attached hydrogens (tertiary/aromatic N) is 1. The molecule has 0 atom stereocenters. The van der Waals surface area contributed by atoms with E-state index < -0.39 is 5.97 Å². The minimum atomic E-state index is -0.440. The molecular weight excluding hydrogens is 190 g/mol. The van der Waals surface area contributed by atoms with Gasteiger partial charge < -0.3 is 4.84 Å². The zero-order valence-electron chi connectivity index (χ0n) is 7.03. The third-order valence-corrected chi connectivity index (χ3v) is 1.51. The Hall–Kier alpha value is -1.35. The van der Waals surface area contributed by atoms with E-state index in [1.807, 2.05) is 0 Å². The monoisotopic (exact) mass is 197 g/mol. The van der Waals surface area contributed by atoms with Gasteiger partial charge in [-0.05, 0) is 17.7 Å². The smallest absolute Gasteiger partial charge is 0.319 e. The van der Waals surface area contributed by atoms with E-state index in [9.17, 15) is 4.79 Å². The lowest BCUT2D eigenvalue weighted by Crippen LogP contribution is -1.91. The van der Waals surface area contributed by atoms with Gasteiger partial charge >= 0.3 is 5.97 Å². The van der Waals surface area contributed by atoms with Crippen molar-refractivity contribution in [3.8, 4) is 0 Å². The number of benzene rings is 1. The van der Waals surface area contributed by atoms with Gasteiger partial charge in [-0.25, -0.2) is 4.79 Å². The number of carbonyl (C=O) groups is 1. The van der Waals surface area contributed by atoms with E-state index in [4.69, 9.17) is 11.6 Å².